The van der Waals surface area contributed by atoms with E-state index in [-0.39, 0.29) is 11.5 Å². The first-order chi connectivity index (χ1) is 12.7. The number of halogens is 1. The Kier molecular flexibility index (Phi) is 4.77. The Labute approximate surface area is 161 Å². The van der Waals surface area contributed by atoms with Crippen molar-refractivity contribution in [2.75, 3.05) is 5.75 Å². The predicted octanol–water partition coefficient (Wildman–Crippen LogP) is 3.92. The largest absolute Gasteiger partial charge is 0.293 e. The Bertz CT molecular complexity index is 1070. The Morgan fingerprint density at radius 1 is 1.00 bits per heavy atom. The topological polar surface area (TPSA) is 73.0 Å². The van der Waals surface area contributed by atoms with Crippen LogP contribution in [0.4, 0.5) is 0 Å². The average Bonchev–Trinajstić information content (AvgIpc) is 3.09. The minimum atomic E-state index is 0.0279. The van der Waals surface area contributed by atoms with Crippen LogP contribution >= 0.6 is 27.7 Å². The number of hydrogen-bond donors (Lipinski definition) is 0. The van der Waals surface area contributed by atoms with Crippen molar-refractivity contribution in [2.45, 2.75) is 5.16 Å². The van der Waals surface area contributed by atoms with Gasteiger partial charge in [-0.05, 0) is 36.4 Å². The van der Waals surface area contributed by atoms with Gasteiger partial charge in [-0.1, -0.05) is 45.9 Å². The molecule has 26 heavy (non-hydrogen) atoms. The minimum Gasteiger partial charge on any atom is -0.293 e. The van der Waals surface area contributed by atoms with Gasteiger partial charge in [-0.25, -0.2) is 0 Å². The van der Waals surface area contributed by atoms with Crippen LogP contribution in [-0.2, 0) is 0 Å². The summed E-state index contributed by atoms with van der Waals surface area (Å²) in [4.78, 5) is 16.7. The standard InChI is InChI=1S/C18H12BrN5OS/c19-13-6-4-12(5-7-13)16(25)11-26-18-22-21-17-9-8-15(23-24(17)18)14-3-1-2-10-20-14/h1-10H,11H2. The SMILES string of the molecule is O=C(CSc1nnc2ccc(-c3ccccn3)nn12)c1ccc(Br)cc1. The predicted molar refractivity (Wildman–Crippen MR) is 103 cm³/mol. The van der Waals surface area contributed by atoms with Crippen LogP contribution in [0.25, 0.3) is 17.0 Å². The van der Waals surface area contributed by atoms with Crippen LogP contribution in [0.1, 0.15) is 10.4 Å². The van der Waals surface area contributed by atoms with Crippen LogP contribution in [0.3, 0.4) is 0 Å². The number of rotatable bonds is 5. The van der Waals surface area contributed by atoms with Crippen molar-refractivity contribution >= 4 is 39.1 Å². The first-order valence-electron chi connectivity index (χ1n) is 7.76. The monoisotopic (exact) mass is 425 g/mol. The zero-order valence-electron chi connectivity index (χ0n) is 13.4. The molecule has 8 heteroatoms. The molecular weight excluding hydrogens is 414 g/mol. The number of Topliss-reactive ketones (excluding diaryl/α,β-unsaturated/α-hetero) is 1. The second-order valence-corrected chi connectivity index (χ2v) is 7.26. The van der Waals surface area contributed by atoms with Gasteiger partial charge in [0.05, 0.1) is 11.4 Å². The van der Waals surface area contributed by atoms with E-state index in [4.69, 9.17) is 0 Å². The third-order valence-corrected chi connectivity index (χ3v) is 5.11. The summed E-state index contributed by atoms with van der Waals surface area (Å²) in [7, 11) is 0. The molecule has 0 fully saturated rings. The maximum absolute atomic E-state index is 12.4. The minimum absolute atomic E-state index is 0.0279. The van der Waals surface area contributed by atoms with E-state index in [1.165, 1.54) is 11.8 Å². The quantitative estimate of drug-likeness (QED) is 0.356. The van der Waals surface area contributed by atoms with Crippen LogP contribution in [-0.4, -0.2) is 36.3 Å². The number of fused-ring (bicyclic) bond motifs is 1. The number of pyridine rings is 1. The van der Waals surface area contributed by atoms with Crippen molar-refractivity contribution in [1.82, 2.24) is 24.8 Å². The van der Waals surface area contributed by atoms with E-state index >= 15 is 0 Å². The molecule has 0 unspecified atom stereocenters. The summed E-state index contributed by atoms with van der Waals surface area (Å²) in [5.74, 6) is 0.290. The Balaban J connectivity index is 1.57. The number of carbonyl (C=O) groups is 1. The summed E-state index contributed by atoms with van der Waals surface area (Å²) in [6.07, 6.45) is 1.72. The highest BCUT2D eigenvalue weighted by Gasteiger charge is 2.13. The Morgan fingerprint density at radius 2 is 1.85 bits per heavy atom. The van der Waals surface area contributed by atoms with Gasteiger partial charge in [-0.2, -0.15) is 9.61 Å². The first-order valence-corrected chi connectivity index (χ1v) is 9.54. The Hall–Kier alpha value is -2.58. The molecule has 0 radical (unpaired) electrons. The highest BCUT2D eigenvalue weighted by atomic mass is 79.9. The Morgan fingerprint density at radius 3 is 2.62 bits per heavy atom. The van der Waals surface area contributed by atoms with Crippen LogP contribution in [0.15, 0.2) is 70.4 Å². The summed E-state index contributed by atoms with van der Waals surface area (Å²) in [6, 6.07) is 16.7. The zero-order chi connectivity index (χ0) is 17.9. The normalized spacial score (nSPS) is 11.0. The molecule has 128 valence electrons. The van der Waals surface area contributed by atoms with Gasteiger partial charge < -0.3 is 0 Å². The molecule has 6 nitrogen and oxygen atoms in total. The molecule has 1 aromatic carbocycles. The molecule has 0 bridgehead atoms. The fourth-order valence-electron chi connectivity index (χ4n) is 2.36. The zero-order valence-corrected chi connectivity index (χ0v) is 15.8. The molecule has 0 aliphatic heterocycles. The van der Waals surface area contributed by atoms with Crippen molar-refractivity contribution in [1.29, 1.82) is 0 Å². The van der Waals surface area contributed by atoms with Crippen LogP contribution in [0.5, 0.6) is 0 Å². The van der Waals surface area contributed by atoms with Gasteiger partial charge in [-0.15, -0.1) is 10.2 Å². The molecule has 3 aromatic heterocycles. The van der Waals surface area contributed by atoms with Gasteiger partial charge in [0, 0.05) is 16.2 Å². The van der Waals surface area contributed by atoms with Crippen LogP contribution in [0.2, 0.25) is 0 Å². The molecule has 0 N–H and O–H groups in total. The maximum Gasteiger partial charge on any atom is 0.212 e. The van der Waals surface area contributed by atoms with Crippen molar-refractivity contribution in [3.05, 3.63) is 70.8 Å². The molecule has 3 heterocycles. The molecule has 0 aliphatic carbocycles. The van der Waals surface area contributed by atoms with E-state index in [0.717, 1.165) is 15.9 Å². The molecule has 4 aromatic rings. The summed E-state index contributed by atoms with van der Waals surface area (Å²) in [5.41, 5.74) is 2.78. The second kappa shape index (κ2) is 7.35. The number of carbonyl (C=O) groups excluding carboxylic acids is 1. The van der Waals surface area contributed by atoms with Gasteiger partial charge >= 0.3 is 0 Å². The van der Waals surface area contributed by atoms with Crippen molar-refractivity contribution in [2.24, 2.45) is 0 Å². The number of nitrogens with zero attached hydrogens (tertiary/aromatic N) is 5. The fourth-order valence-corrected chi connectivity index (χ4v) is 3.41. The number of benzene rings is 1. The van der Waals surface area contributed by atoms with Crippen molar-refractivity contribution in [3.8, 4) is 11.4 Å². The van der Waals surface area contributed by atoms with Crippen molar-refractivity contribution in [3.63, 3.8) is 0 Å². The van der Waals surface area contributed by atoms with Crippen molar-refractivity contribution < 1.29 is 4.79 Å². The van der Waals surface area contributed by atoms with Gasteiger partial charge in [0.15, 0.2) is 11.4 Å². The van der Waals surface area contributed by atoms with E-state index in [2.05, 4.69) is 36.2 Å². The molecule has 0 saturated heterocycles. The van der Waals surface area contributed by atoms with E-state index in [1.807, 2.05) is 42.5 Å². The lowest BCUT2D eigenvalue weighted by Gasteiger charge is -2.03. The number of aromatic nitrogens is 5. The third kappa shape index (κ3) is 3.51. The molecule has 0 spiro atoms. The molecule has 0 saturated carbocycles. The second-order valence-electron chi connectivity index (χ2n) is 5.40. The van der Waals surface area contributed by atoms with Gasteiger partial charge in [0.1, 0.15) is 5.69 Å². The molecule has 0 atom stereocenters. The number of ketones is 1. The van der Waals surface area contributed by atoms with Gasteiger partial charge in [0.25, 0.3) is 0 Å². The number of thioether (sulfide) groups is 1. The number of hydrogen-bond acceptors (Lipinski definition) is 6. The third-order valence-electron chi connectivity index (χ3n) is 3.66. The summed E-state index contributed by atoms with van der Waals surface area (Å²) >= 11 is 4.68. The van der Waals surface area contributed by atoms with E-state index in [1.54, 1.807) is 22.8 Å². The first kappa shape index (κ1) is 16.9. The molecule has 0 aliphatic rings. The van der Waals surface area contributed by atoms with Crippen LogP contribution < -0.4 is 0 Å². The van der Waals surface area contributed by atoms with Crippen LogP contribution in [0, 0.1) is 0 Å². The van der Waals surface area contributed by atoms with Gasteiger partial charge in [0.2, 0.25) is 5.16 Å². The highest BCUT2D eigenvalue weighted by Crippen LogP contribution is 2.21. The fraction of sp³-hybridized carbons (Fsp3) is 0.0556. The smallest absolute Gasteiger partial charge is 0.212 e. The maximum atomic E-state index is 12.4. The van der Waals surface area contributed by atoms with E-state index < -0.39 is 0 Å². The molecule has 0 amide bonds. The van der Waals surface area contributed by atoms with Gasteiger partial charge in [-0.3, -0.25) is 9.78 Å². The summed E-state index contributed by atoms with van der Waals surface area (Å²) < 4.78 is 2.58. The lowest BCUT2D eigenvalue weighted by Crippen LogP contribution is -2.04. The van der Waals surface area contributed by atoms with E-state index in [9.17, 15) is 4.79 Å². The molecular formula is C18H12BrN5OS. The summed E-state index contributed by atoms with van der Waals surface area (Å²) in [5, 5.41) is 13.4. The van der Waals surface area contributed by atoms with E-state index in [0.29, 0.717) is 16.4 Å². The highest BCUT2D eigenvalue weighted by molar-refractivity contribution is 9.10. The lowest BCUT2D eigenvalue weighted by molar-refractivity contribution is 0.102. The summed E-state index contributed by atoms with van der Waals surface area (Å²) in [6.45, 7) is 0. The molecule has 4 rings (SSSR count). The lowest BCUT2D eigenvalue weighted by atomic mass is 10.2. The average molecular weight is 426 g/mol.